The molecule has 2 aromatic carbocycles. The number of alkyl halides is 1. The van der Waals surface area contributed by atoms with Crippen molar-refractivity contribution in [2.45, 2.75) is 41.8 Å². The fourth-order valence-corrected chi connectivity index (χ4v) is 6.32. The average Bonchev–Trinajstić information content (AvgIpc) is 3.35. The van der Waals surface area contributed by atoms with Gasteiger partial charge < -0.3 is 5.32 Å². The highest BCUT2D eigenvalue weighted by Crippen LogP contribution is 2.34. The molecule has 5 rings (SSSR count). The average molecular weight is 528 g/mol. The van der Waals surface area contributed by atoms with Crippen molar-refractivity contribution in [3.63, 3.8) is 0 Å². The fraction of sp³-hybridized carbons (Fsp3) is 0.292. The summed E-state index contributed by atoms with van der Waals surface area (Å²) in [4.78, 5) is 29.6. The molecule has 0 saturated carbocycles. The Hall–Kier alpha value is -2.16. The highest BCUT2D eigenvalue weighted by Gasteiger charge is 2.23. The number of hydrogen-bond donors (Lipinski definition) is 1. The van der Waals surface area contributed by atoms with Crippen LogP contribution in [0.4, 0.5) is 5.69 Å². The van der Waals surface area contributed by atoms with Gasteiger partial charge in [0.1, 0.15) is 0 Å². The smallest absolute Gasteiger partial charge is 0.241 e. The third-order valence-corrected chi connectivity index (χ3v) is 8.31. The lowest BCUT2D eigenvalue weighted by molar-refractivity contribution is -0.115. The summed E-state index contributed by atoms with van der Waals surface area (Å²) in [5.41, 5.74) is 5.18. The second-order valence-electron chi connectivity index (χ2n) is 7.93. The van der Waals surface area contributed by atoms with Gasteiger partial charge >= 0.3 is 0 Å². The Morgan fingerprint density at radius 3 is 2.88 bits per heavy atom. The Bertz CT molecular complexity index is 1340. The molecule has 32 heavy (non-hydrogen) atoms. The van der Waals surface area contributed by atoms with Gasteiger partial charge in [0.2, 0.25) is 11.8 Å². The second kappa shape index (κ2) is 9.00. The molecule has 1 atom stereocenters. The largest absolute Gasteiger partial charge is 0.325 e. The lowest BCUT2D eigenvalue weighted by atomic mass is 9.96. The molecule has 0 radical (unpaired) electrons. The van der Waals surface area contributed by atoms with Crippen molar-refractivity contribution in [2.24, 2.45) is 0 Å². The zero-order valence-corrected chi connectivity index (χ0v) is 20.8. The van der Waals surface area contributed by atoms with Gasteiger partial charge in [0.15, 0.2) is 4.34 Å². The predicted octanol–water partition coefficient (Wildman–Crippen LogP) is 6.28. The van der Waals surface area contributed by atoms with E-state index in [9.17, 15) is 9.59 Å². The Morgan fingerprint density at radius 2 is 2.03 bits per heavy atom. The number of nitrogens with one attached hydrogen (secondary N) is 1. The highest BCUT2D eigenvalue weighted by molar-refractivity contribution is 9.10. The van der Waals surface area contributed by atoms with E-state index in [0.717, 1.165) is 45.0 Å². The minimum absolute atomic E-state index is 0.0867. The van der Waals surface area contributed by atoms with Crippen molar-refractivity contribution in [2.75, 3.05) is 11.1 Å². The van der Waals surface area contributed by atoms with Crippen LogP contribution in [0.3, 0.4) is 0 Å². The van der Waals surface area contributed by atoms with E-state index in [0.29, 0.717) is 5.75 Å². The van der Waals surface area contributed by atoms with Crippen LogP contribution in [0.15, 0.2) is 46.8 Å². The number of amides is 1. The maximum atomic E-state index is 13.3. The number of anilines is 1. The van der Waals surface area contributed by atoms with Crippen LogP contribution in [0.1, 0.15) is 35.8 Å². The summed E-state index contributed by atoms with van der Waals surface area (Å²) in [6, 6.07) is 13.9. The number of nitrogens with zero attached hydrogens (tertiary/aromatic N) is 2. The molecule has 5 nitrogen and oxygen atoms in total. The van der Waals surface area contributed by atoms with Crippen molar-refractivity contribution in [1.82, 2.24) is 9.55 Å². The molecule has 2 aromatic heterocycles. The summed E-state index contributed by atoms with van der Waals surface area (Å²) in [6.45, 7) is 1.79. The van der Waals surface area contributed by atoms with Gasteiger partial charge in [-0.25, -0.2) is 4.98 Å². The van der Waals surface area contributed by atoms with Gasteiger partial charge in [-0.15, -0.1) is 11.3 Å². The maximum absolute atomic E-state index is 13.3. The van der Waals surface area contributed by atoms with Gasteiger partial charge in [0.25, 0.3) is 0 Å². The van der Waals surface area contributed by atoms with Crippen LogP contribution in [-0.2, 0) is 17.6 Å². The zero-order chi connectivity index (χ0) is 22.2. The number of carbonyl (C=O) groups excluding carboxylic acids is 2. The number of aromatic nitrogens is 2. The number of thiazole rings is 1. The van der Waals surface area contributed by atoms with Crippen LogP contribution in [0, 0.1) is 0 Å². The van der Waals surface area contributed by atoms with Crippen molar-refractivity contribution >= 4 is 77.6 Å². The van der Waals surface area contributed by atoms with Crippen LogP contribution >= 0.6 is 39.0 Å². The summed E-state index contributed by atoms with van der Waals surface area (Å²) in [7, 11) is 0. The third-order valence-electron chi connectivity index (χ3n) is 5.74. The first kappa shape index (κ1) is 21.7. The predicted molar refractivity (Wildman–Crippen MR) is 137 cm³/mol. The van der Waals surface area contributed by atoms with E-state index in [-0.39, 0.29) is 16.6 Å². The Kier molecular flexibility index (Phi) is 6.09. The molecule has 1 unspecified atom stereocenters. The molecule has 0 saturated heterocycles. The number of carbonyl (C=O) groups is 2. The molecule has 0 aliphatic heterocycles. The molecule has 0 bridgehead atoms. The van der Waals surface area contributed by atoms with Crippen molar-refractivity contribution in [3.05, 3.63) is 53.7 Å². The van der Waals surface area contributed by atoms with Gasteiger partial charge in [0, 0.05) is 16.8 Å². The quantitative estimate of drug-likeness (QED) is 0.245. The van der Waals surface area contributed by atoms with Gasteiger partial charge in [-0.3, -0.25) is 14.2 Å². The number of thioether (sulfide) groups is 1. The Morgan fingerprint density at radius 1 is 1.22 bits per heavy atom. The first-order valence-electron chi connectivity index (χ1n) is 10.6. The second-order valence-corrected chi connectivity index (χ2v) is 11.6. The Balaban J connectivity index is 1.36. The zero-order valence-electron chi connectivity index (χ0n) is 17.6. The molecule has 164 valence electrons. The van der Waals surface area contributed by atoms with E-state index < -0.39 is 0 Å². The van der Waals surface area contributed by atoms with Gasteiger partial charge in [-0.1, -0.05) is 45.9 Å². The van der Waals surface area contributed by atoms with E-state index in [1.165, 1.54) is 34.8 Å². The molecule has 0 spiro atoms. The molecular formula is C24H22BrN3O2S2. The molecule has 0 fully saturated rings. The van der Waals surface area contributed by atoms with Crippen LogP contribution in [-0.4, -0.2) is 31.9 Å². The number of rotatable bonds is 5. The minimum Gasteiger partial charge on any atom is -0.325 e. The first-order valence-corrected chi connectivity index (χ1v) is 13.4. The van der Waals surface area contributed by atoms with Crippen LogP contribution in [0.25, 0.3) is 21.1 Å². The van der Waals surface area contributed by atoms with Crippen LogP contribution < -0.4 is 5.32 Å². The maximum Gasteiger partial charge on any atom is 0.241 e. The van der Waals surface area contributed by atoms with Crippen molar-refractivity contribution < 1.29 is 9.59 Å². The van der Waals surface area contributed by atoms with E-state index >= 15 is 0 Å². The van der Waals surface area contributed by atoms with Crippen molar-refractivity contribution in [3.8, 4) is 0 Å². The first-order chi connectivity index (χ1) is 15.5. The topological polar surface area (TPSA) is 64.0 Å². The van der Waals surface area contributed by atoms with Crippen LogP contribution in [0.5, 0.6) is 0 Å². The molecule has 4 aromatic rings. The number of benzene rings is 2. The lowest BCUT2D eigenvalue weighted by Crippen LogP contribution is -2.19. The lowest BCUT2D eigenvalue weighted by Gasteiger charge is -2.14. The van der Waals surface area contributed by atoms with Crippen LogP contribution in [0.2, 0.25) is 0 Å². The summed E-state index contributed by atoms with van der Waals surface area (Å²) in [6.07, 6.45) is 4.33. The summed E-state index contributed by atoms with van der Waals surface area (Å²) >= 11 is 6.30. The molecular weight excluding hydrogens is 506 g/mol. The van der Waals surface area contributed by atoms with Crippen molar-refractivity contribution in [1.29, 1.82) is 0 Å². The summed E-state index contributed by atoms with van der Waals surface area (Å²) in [5.74, 6) is 0.361. The number of fused-ring (bicyclic) bond motifs is 4. The molecule has 1 aliphatic carbocycles. The standard InChI is InChI=1S/C24H22BrN3O2S2/c1-14(25)23(30)26-15-10-11-18-21(12-15)32-24(27-18)31-13-22(29)28-19-8-4-2-6-16(19)17-7-3-5-9-20(17)28/h2,4,6,8,10-12,14H,3,5,7,9,13H2,1H3,(H,26,30). The van der Waals surface area contributed by atoms with Gasteiger partial charge in [-0.2, -0.15) is 0 Å². The van der Waals surface area contributed by atoms with Gasteiger partial charge in [-0.05, 0) is 62.4 Å². The van der Waals surface area contributed by atoms with E-state index in [2.05, 4.69) is 44.4 Å². The van der Waals surface area contributed by atoms with E-state index in [4.69, 9.17) is 0 Å². The number of halogens is 1. The number of hydrogen-bond acceptors (Lipinski definition) is 5. The normalized spacial score (nSPS) is 14.4. The SMILES string of the molecule is CC(Br)C(=O)Nc1ccc2nc(SCC(=O)n3c4c(c5ccccc53)CCCC4)sc2c1. The molecule has 2 heterocycles. The van der Waals surface area contributed by atoms with E-state index in [1.54, 1.807) is 18.3 Å². The highest BCUT2D eigenvalue weighted by atomic mass is 79.9. The summed E-state index contributed by atoms with van der Waals surface area (Å²) < 4.78 is 3.79. The third kappa shape index (κ3) is 4.11. The number of para-hydroxylation sites is 1. The molecule has 8 heteroatoms. The molecule has 1 aliphatic rings. The fourth-order valence-electron chi connectivity index (χ4n) is 4.25. The van der Waals surface area contributed by atoms with Gasteiger partial charge in [0.05, 0.1) is 26.3 Å². The monoisotopic (exact) mass is 527 g/mol. The van der Waals surface area contributed by atoms with E-state index in [1.807, 2.05) is 28.8 Å². The Labute approximate surface area is 202 Å². The number of aryl methyl sites for hydroxylation is 1. The summed E-state index contributed by atoms with van der Waals surface area (Å²) in [5, 5.41) is 4.10. The molecule has 1 N–H and O–H groups in total. The molecule has 1 amide bonds. The minimum atomic E-state index is -0.257.